The van der Waals surface area contributed by atoms with E-state index in [1.54, 1.807) is 0 Å². The minimum atomic E-state index is 0.665. The van der Waals surface area contributed by atoms with Gasteiger partial charge < -0.3 is 10.2 Å². The molecule has 0 radical (unpaired) electrons. The SMILES string of the molecule is CC1CCN(CCc2ccncc2)CCCN1. The summed E-state index contributed by atoms with van der Waals surface area (Å²) in [4.78, 5) is 6.65. The fourth-order valence-corrected chi connectivity index (χ4v) is 2.30. The zero-order valence-electron chi connectivity index (χ0n) is 10.7. The van der Waals surface area contributed by atoms with Gasteiger partial charge in [-0.05, 0) is 63.5 Å². The molecule has 94 valence electrons. The first-order valence-corrected chi connectivity index (χ1v) is 6.69. The van der Waals surface area contributed by atoms with E-state index in [4.69, 9.17) is 0 Å². The van der Waals surface area contributed by atoms with Crippen molar-refractivity contribution in [3.05, 3.63) is 30.1 Å². The maximum atomic E-state index is 4.06. The van der Waals surface area contributed by atoms with Crippen LogP contribution in [0.1, 0.15) is 25.3 Å². The molecule has 3 nitrogen and oxygen atoms in total. The molecular formula is C14H23N3. The van der Waals surface area contributed by atoms with Crippen LogP contribution in [-0.4, -0.2) is 42.1 Å². The Morgan fingerprint density at radius 2 is 2.18 bits per heavy atom. The monoisotopic (exact) mass is 233 g/mol. The average Bonchev–Trinajstić information content (AvgIpc) is 2.35. The predicted molar refractivity (Wildman–Crippen MR) is 71.1 cm³/mol. The molecule has 2 rings (SSSR count). The number of aromatic nitrogens is 1. The summed E-state index contributed by atoms with van der Waals surface area (Å²) in [5, 5.41) is 3.54. The van der Waals surface area contributed by atoms with Crippen LogP contribution in [0.15, 0.2) is 24.5 Å². The number of pyridine rings is 1. The molecule has 1 aromatic rings. The van der Waals surface area contributed by atoms with E-state index in [0.29, 0.717) is 6.04 Å². The summed E-state index contributed by atoms with van der Waals surface area (Å²) in [6, 6.07) is 4.90. The lowest BCUT2D eigenvalue weighted by molar-refractivity contribution is 0.239. The number of hydrogen-bond acceptors (Lipinski definition) is 3. The molecule has 1 atom stereocenters. The minimum absolute atomic E-state index is 0.665. The summed E-state index contributed by atoms with van der Waals surface area (Å²) >= 11 is 0. The molecule has 0 amide bonds. The Bertz CT molecular complexity index is 313. The van der Waals surface area contributed by atoms with Gasteiger partial charge in [0.05, 0.1) is 0 Å². The molecule has 1 aliphatic rings. The lowest BCUT2D eigenvalue weighted by Crippen LogP contribution is -2.39. The molecule has 1 saturated heterocycles. The molecule has 17 heavy (non-hydrogen) atoms. The van der Waals surface area contributed by atoms with E-state index in [2.05, 4.69) is 34.3 Å². The van der Waals surface area contributed by atoms with Gasteiger partial charge in [0.25, 0.3) is 0 Å². The minimum Gasteiger partial charge on any atom is -0.314 e. The fourth-order valence-electron chi connectivity index (χ4n) is 2.30. The molecule has 1 aliphatic heterocycles. The molecule has 0 spiro atoms. The van der Waals surface area contributed by atoms with Crippen molar-refractivity contribution >= 4 is 0 Å². The fraction of sp³-hybridized carbons (Fsp3) is 0.643. The van der Waals surface area contributed by atoms with E-state index in [-0.39, 0.29) is 0 Å². The molecule has 1 unspecified atom stereocenters. The molecule has 1 fully saturated rings. The van der Waals surface area contributed by atoms with Crippen LogP contribution in [0.2, 0.25) is 0 Å². The topological polar surface area (TPSA) is 28.2 Å². The zero-order valence-corrected chi connectivity index (χ0v) is 10.7. The Morgan fingerprint density at radius 1 is 1.35 bits per heavy atom. The normalized spacial score (nSPS) is 23.0. The smallest absolute Gasteiger partial charge is 0.0270 e. The van der Waals surface area contributed by atoms with Gasteiger partial charge in [0.1, 0.15) is 0 Å². The highest BCUT2D eigenvalue weighted by Gasteiger charge is 2.11. The van der Waals surface area contributed by atoms with E-state index in [1.807, 2.05) is 12.4 Å². The van der Waals surface area contributed by atoms with Crippen LogP contribution in [0.4, 0.5) is 0 Å². The molecule has 1 aromatic heterocycles. The first-order chi connectivity index (χ1) is 8.34. The molecule has 0 bridgehead atoms. The van der Waals surface area contributed by atoms with Gasteiger partial charge in [0.15, 0.2) is 0 Å². The summed E-state index contributed by atoms with van der Waals surface area (Å²) in [6.07, 6.45) is 7.44. The molecule has 0 aliphatic carbocycles. The van der Waals surface area contributed by atoms with Gasteiger partial charge in [0.2, 0.25) is 0 Å². The number of rotatable bonds is 3. The third kappa shape index (κ3) is 4.44. The van der Waals surface area contributed by atoms with Gasteiger partial charge in [-0.15, -0.1) is 0 Å². The molecule has 2 heterocycles. The summed E-state index contributed by atoms with van der Waals surface area (Å²) in [6.45, 7) is 7.07. The number of hydrogen-bond donors (Lipinski definition) is 1. The van der Waals surface area contributed by atoms with Crippen LogP contribution < -0.4 is 5.32 Å². The standard InChI is InChI=1S/C14H23N3/c1-13-5-11-17(10-2-7-16-13)12-6-14-3-8-15-9-4-14/h3-4,8-9,13,16H,2,5-7,10-12H2,1H3. The lowest BCUT2D eigenvalue weighted by atomic mass is 10.1. The maximum absolute atomic E-state index is 4.06. The number of nitrogens with one attached hydrogen (secondary N) is 1. The van der Waals surface area contributed by atoms with Crippen LogP contribution in [0.3, 0.4) is 0 Å². The Balaban J connectivity index is 1.77. The van der Waals surface area contributed by atoms with Gasteiger partial charge in [-0.2, -0.15) is 0 Å². The van der Waals surface area contributed by atoms with Crippen molar-refractivity contribution < 1.29 is 0 Å². The average molecular weight is 233 g/mol. The largest absolute Gasteiger partial charge is 0.314 e. The van der Waals surface area contributed by atoms with Crippen LogP contribution in [-0.2, 0) is 6.42 Å². The third-order valence-electron chi connectivity index (χ3n) is 3.49. The van der Waals surface area contributed by atoms with Crippen LogP contribution in [0, 0.1) is 0 Å². The second-order valence-electron chi connectivity index (χ2n) is 4.94. The first-order valence-electron chi connectivity index (χ1n) is 6.69. The van der Waals surface area contributed by atoms with Crippen LogP contribution in [0.5, 0.6) is 0 Å². The Kier molecular flexibility index (Phi) is 4.95. The highest BCUT2D eigenvalue weighted by molar-refractivity contribution is 5.09. The molecule has 0 saturated carbocycles. The first kappa shape index (κ1) is 12.5. The summed E-state index contributed by atoms with van der Waals surface area (Å²) in [7, 11) is 0. The summed E-state index contributed by atoms with van der Waals surface area (Å²) < 4.78 is 0. The summed E-state index contributed by atoms with van der Waals surface area (Å²) in [5.74, 6) is 0. The van der Waals surface area contributed by atoms with E-state index < -0.39 is 0 Å². The Labute approximate surface area is 104 Å². The van der Waals surface area contributed by atoms with E-state index in [0.717, 1.165) is 13.0 Å². The Morgan fingerprint density at radius 3 is 3.00 bits per heavy atom. The van der Waals surface area contributed by atoms with E-state index >= 15 is 0 Å². The van der Waals surface area contributed by atoms with Gasteiger partial charge in [-0.1, -0.05) is 0 Å². The van der Waals surface area contributed by atoms with Crippen molar-refractivity contribution in [2.45, 2.75) is 32.2 Å². The molecule has 3 heteroatoms. The highest BCUT2D eigenvalue weighted by Crippen LogP contribution is 2.05. The number of nitrogens with zero attached hydrogens (tertiary/aromatic N) is 2. The van der Waals surface area contributed by atoms with Crippen molar-refractivity contribution in [1.29, 1.82) is 0 Å². The van der Waals surface area contributed by atoms with Crippen molar-refractivity contribution in [2.24, 2.45) is 0 Å². The molecule has 0 aromatic carbocycles. The van der Waals surface area contributed by atoms with Crippen molar-refractivity contribution in [3.63, 3.8) is 0 Å². The van der Waals surface area contributed by atoms with Crippen molar-refractivity contribution in [3.8, 4) is 0 Å². The Hall–Kier alpha value is -0.930. The zero-order chi connectivity index (χ0) is 11.9. The molecule has 1 N–H and O–H groups in total. The van der Waals surface area contributed by atoms with Gasteiger partial charge in [-0.3, -0.25) is 4.98 Å². The van der Waals surface area contributed by atoms with Crippen molar-refractivity contribution in [1.82, 2.24) is 15.2 Å². The van der Waals surface area contributed by atoms with Gasteiger partial charge in [-0.25, -0.2) is 0 Å². The quantitative estimate of drug-likeness (QED) is 0.861. The maximum Gasteiger partial charge on any atom is 0.0270 e. The van der Waals surface area contributed by atoms with Crippen molar-refractivity contribution in [2.75, 3.05) is 26.2 Å². The van der Waals surface area contributed by atoms with Gasteiger partial charge in [0, 0.05) is 25.0 Å². The van der Waals surface area contributed by atoms with E-state index in [9.17, 15) is 0 Å². The molecular weight excluding hydrogens is 210 g/mol. The lowest BCUT2D eigenvalue weighted by Gasteiger charge is -2.27. The second-order valence-corrected chi connectivity index (χ2v) is 4.94. The van der Waals surface area contributed by atoms with E-state index in [1.165, 1.54) is 38.0 Å². The third-order valence-corrected chi connectivity index (χ3v) is 3.49. The highest BCUT2D eigenvalue weighted by atomic mass is 15.1. The predicted octanol–water partition coefficient (Wildman–Crippen LogP) is 1.70. The van der Waals surface area contributed by atoms with Gasteiger partial charge >= 0.3 is 0 Å². The van der Waals surface area contributed by atoms with Crippen LogP contribution in [0.25, 0.3) is 0 Å². The summed E-state index contributed by atoms with van der Waals surface area (Å²) in [5.41, 5.74) is 1.40. The second kappa shape index (κ2) is 6.72. The van der Waals surface area contributed by atoms with Crippen LogP contribution >= 0.6 is 0 Å².